The average molecular weight is 289 g/mol. The summed E-state index contributed by atoms with van der Waals surface area (Å²) in [7, 11) is 1.72. The first-order valence-corrected chi connectivity index (χ1v) is 7.58. The van der Waals surface area contributed by atoms with Crippen molar-refractivity contribution in [3.05, 3.63) is 30.1 Å². The fourth-order valence-corrected chi connectivity index (χ4v) is 2.43. The lowest BCUT2D eigenvalue weighted by molar-refractivity contribution is 0.0713. The van der Waals surface area contributed by atoms with Gasteiger partial charge in [0.25, 0.3) is 0 Å². The van der Waals surface area contributed by atoms with Crippen molar-refractivity contribution in [2.24, 2.45) is 5.92 Å². The van der Waals surface area contributed by atoms with Gasteiger partial charge >= 0.3 is 0 Å². The number of hydrogen-bond donors (Lipinski definition) is 1. The summed E-state index contributed by atoms with van der Waals surface area (Å²) in [6.07, 6.45) is 6.62. The van der Waals surface area contributed by atoms with E-state index in [1.807, 2.05) is 12.3 Å². The Kier molecular flexibility index (Phi) is 4.85. The number of fused-ring (bicyclic) bond motifs is 1. The number of nitrogens with one attached hydrogen (secondary N) is 1. The number of rotatable bonds is 9. The van der Waals surface area contributed by atoms with E-state index in [1.165, 1.54) is 23.8 Å². The van der Waals surface area contributed by atoms with Crippen LogP contribution in [0.25, 0.3) is 11.0 Å². The van der Waals surface area contributed by atoms with Gasteiger partial charge < -0.3 is 19.4 Å². The van der Waals surface area contributed by atoms with Gasteiger partial charge in [0, 0.05) is 38.0 Å². The van der Waals surface area contributed by atoms with Crippen LogP contribution in [-0.2, 0) is 22.7 Å². The highest BCUT2D eigenvalue weighted by molar-refractivity contribution is 5.80. The first-order chi connectivity index (χ1) is 10.4. The lowest BCUT2D eigenvalue weighted by Gasteiger charge is -2.05. The van der Waals surface area contributed by atoms with Gasteiger partial charge in [-0.2, -0.15) is 0 Å². The summed E-state index contributed by atoms with van der Waals surface area (Å²) in [5.41, 5.74) is 2.25. The minimum atomic E-state index is 0.585. The maximum atomic E-state index is 5.79. The van der Waals surface area contributed by atoms with Gasteiger partial charge in [-0.05, 0) is 36.5 Å². The van der Waals surface area contributed by atoms with E-state index in [4.69, 9.17) is 9.47 Å². The molecule has 1 fully saturated rings. The second kappa shape index (κ2) is 7.02. The normalized spacial score (nSPS) is 14.9. The van der Waals surface area contributed by atoms with Crippen LogP contribution in [0.5, 0.6) is 0 Å². The van der Waals surface area contributed by atoms with Gasteiger partial charge in [-0.25, -0.2) is 4.98 Å². The molecular weight excluding hydrogens is 266 g/mol. The van der Waals surface area contributed by atoms with Crippen LogP contribution in [-0.4, -0.2) is 36.4 Å². The molecule has 2 aromatic heterocycles. The molecule has 1 N–H and O–H groups in total. The van der Waals surface area contributed by atoms with E-state index >= 15 is 0 Å². The molecule has 3 rings (SSSR count). The summed E-state index contributed by atoms with van der Waals surface area (Å²) >= 11 is 0. The van der Waals surface area contributed by atoms with Crippen LogP contribution in [0.4, 0.5) is 0 Å². The van der Waals surface area contributed by atoms with Crippen LogP contribution in [0, 0.1) is 5.92 Å². The van der Waals surface area contributed by atoms with Crippen molar-refractivity contribution in [3.8, 4) is 0 Å². The van der Waals surface area contributed by atoms with Crippen LogP contribution in [0.1, 0.15) is 18.4 Å². The van der Waals surface area contributed by atoms with Gasteiger partial charge in [0.15, 0.2) is 0 Å². The lowest BCUT2D eigenvalue weighted by Crippen LogP contribution is -2.18. The van der Waals surface area contributed by atoms with Gasteiger partial charge in [-0.15, -0.1) is 0 Å². The van der Waals surface area contributed by atoms with E-state index in [9.17, 15) is 0 Å². The number of pyridine rings is 1. The number of hydrogen-bond acceptors (Lipinski definition) is 4. The fraction of sp³-hybridized carbons (Fsp3) is 0.562. The highest BCUT2D eigenvalue weighted by atomic mass is 16.5. The van der Waals surface area contributed by atoms with E-state index in [0.717, 1.165) is 37.9 Å². The molecule has 5 heteroatoms. The van der Waals surface area contributed by atoms with Crippen molar-refractivity contribution in [2.45, 2.75) is 26.1 Å². The number of nitrogens with zero attached hydrogens (tertiary/aromatic N) is 2. The maximum absolute atomic E-state index is 5.79. The molecule has 2 heterocycles. The van der Waals surface area contributed by atoms with Gasteiger partial charge in [-0.1, -0.05) is 0 Å². The minimum Gasteiger partial charge on any atom is -0.383 e. The zero-order chi connectivity index (χ0) is 14.5. The number of ether oxygens (including phenoxy) is 2. The van der Waals surface area contributed by atoms with E-state index in [1.54, 1.807) is 7.11 Å². The standard InChI is InChI=1S/C16H23N3O2/c1-20-8-7-17-9-14-10-19(12-21-11-13-4-5-13)16-15(14)3-2-6-18-16/h2-3,6,10,13,17H,4-5,7-9,11-12H2,1H3. The topological polar surface area (TPSA) is 48.3 Å². The monoisotopic (exact) mass is 289 g/mol. The highest BCUT2D eigenvalue weighted by Gasteiger charge is 2.21. The lowest BCUT2D eigenvalue weighted by atomic mass is 10.2. The van der Waals surface area contributed by atoms with Gasteiger partial charge in [0.2, 0.25) is 0 Å². The molecule has 0 amide bonds. The Morgan fingerprint density at radius 3 is 3.14 bits per heavy atom. The van der Waals surface area contributed by atoms with Crippen LogP contribution in [0.2, 0.25) is 0 Å². The third-order valence-electron chi connectivity index (χ3n) is 3.80. The van der Waals surface area contributed by atoms with Crippen LogP contribution < -0.4 is 5.32 Å². The second-order valence-electron chi connectivity index (χ2n) is 5.61. The van der Waals surface area contributed by atoms with Crippen molar-refractivity contribution >= 4 is 11.0 Å². The first-order valence-electron chi connectivity index (χ1n) is 7.58. The zero-order valence-corrected chi connectivity index (χ0v) is 12.5. The Balaban J connectivity index is 1.66. The van der Waals surface area contributed by atoms with Crippen LogP contribution in [0.15, 0.2) is 24.5 Å². The van der Waals surface area contributed by atoms with E-state index in [2.05, 4.69) is 27.1 Å². The number of aromatic nitrogens is 2. The third kappa shape index (κ3) is 3.81. The highest BCUT2D eigenvalue weighted by Crippen LogP contribution is 2.29. The maximum Gasteiger partial charge on any atom is 0.142 e. The molecule has 1 saturated carbocycles. The Bertz CT molecular complexity index is 578. The van der Waals surface area contributed by atoms with Crippen LogP contribution in [0.3, 0.4) is 0 Å². The molecule has 0 aromatic carbocycles. The smallest absolute Gasteiger partial charge is 0.142 e. The Labute approximate surface area is 125 Å². The summed E-state index contributed by atoms with van der Waals surface area (Å²) < 4.78 is 12.9. The molecular formula is C16H23N3O2. The molecule has 5 nitrogen and oxygen atoms in total. The summed E-state index contributed by atoms with van der Waals surface area (Å²) in [6, 6.07) is 4.10. The largest absolute Gasteiger partial charge is 0.383 e. The van der Waals surface area contributed by atoms with Gasteiger partial charge in [0.05, 0.1) is 13.2 Å². The molecule has 0 saturated heterocycles. The summed E-state index contributed by atoms with van der Waals surface area (Å²) in [6.45, 7) is 3.85. The van der Waals surface area contributed by atoms with E-state index in [0.29, 0.717) is 6.73 Å². The van der Waals surface area contributed by atoms with Crippen molar-refractivity contribution in [2.75, 3.05) is 26.9 Å². The molecule has 1 aliphatic carbocycles. The molecule has 0 unspecified atom stereocenters. The van der Waals surface area contributed by atoms with Crippen molar-refractivity contribution in [1.29, 1.82) is 0 Å². The quantitative estimate of drug-likeness (QED) is 0.719. The zero-order valence-electron chi connectivity index (χ0n) is 12.5. The predicted octanol–water partition coefficient (Wildman–Crippen LogP) is 2.16. The summed E-state index contributed by atoms with van der Waals surface area (Å²) in [5.74, 6) is 0.787. The van der Waals surface area contributed by atoms with Crippen molar-refractivity contribution in [1.82, 2.24) is 14.9 Å². The van der Waals surface area contributed by atoms with Crippen molar-refractivity contribution in [3.63, 3.8) is 0 Å². The van der Waals surface area contributed by atoms with Crippen LogP contribution >= 0.6 is 0 Å². The van der Waals surface area contributed by atoms with Gasteiger partial charge in [0.1, 0.15) is 12.4 Å². The Morgan fingerprint density at radius 2 is 2.33 bits per heavy atom. The van der Waals surface area contributed by atoms with E-state index < -0.39 is 0 Å². The van der Waals surface area contributed by atoms with Crippen molar-refractivity contribution < 1.29 is 9.47 Å². The summed E-state index contributed by atoms with van der Waals surface area (Å²) in [4.78, 5) is 4.49. The molecule has 0 aliphatic heterocycles. The SMILES string of the molecule is COCCNCc1cn(COCC2CC2)c2ncccc12. The molecule has 0 bridgehead atoms. The first kappa shape index (κ1) is 14.5. The van der Waals surface area contributed by atoms with Gasteiger partial charge in [-0.3, -0.25) is 0 Å². The average Bonchev–Trinajstić information content (AvgIpc) is 3.27. The Hall–Kier alpha value is -1.43. The van der Waals surface area contributed by atoms with E-state index in [-0.39, 0.29) is 0 Å². The molecule has 1 aliphatic rings. The third-order valence-corrected chi connectivity index (χ3v) is 3.80. The molecule has 114 valence electrons. The minimum absolute atomic E-state index is 0.585. The fourth-order valence-electron chi connectivity index (χ4n) is 2.43. The predicted molar refractivity (Wildman–Crippen MR) is 82.0 cm³/mol. The molecule has 21 heavy (non-hydrogen) atoms. The number of methoxy groups -OCH3 is 1. The molecule has 2 aromatic rings. The molecule has 0 radical (unpaired) electrons. The second-order valence-corrected chi connectivity index (χ2v) is 5.61. The summed E-state index contributed by atoms with van der Waals surface area (Å²) in [5, 5.41) is 4.58. The molecule has 0 spiro atoms. The Morgan fingerprint density at radius 1 is 1.43 bits per heavy atom. The molecule has 0 atom stereocenters.